The van der Waals surface area contributed by atoms with Crippen LogP contribution in [0.4, 0.5) is 0 Å². The molecule has 2 amide bonds. The highest BCUT2D eigenvalue weighted by Crippen LogP contribution is 2.19. The van der Waals surface area contributed by atoms with Gasteiger partial charge in [0.15, 0.2) is 11.0 Å². The Hall–Kier alpha value is -1.08. The van der Waals surface area contributed by atoms with Crippen LogP contribution in [-0.2, 0) is 9.59 Å². The van der Waals surface area contributed by atoms with E-state index in [2.05, 4.69) is 0 Å². The Morgan fingerprint density at radius 3 is 1.89 bits per heavy atom. The van der Waals surface area contributed by atoms with Crippen LogP contribution in [0.25, 0.3) is 0 Å². The van der Waals surface area contributed by atoms with E-state index in [0.29, 0.717) is 18.1 Å². The summed E-state index contributed by atoms with van der Waals surface area (Å²) < 4.78 is 0. The summed E-state index contributed by atoms with van der Waals surface area (Å²) in [5.41, 5.74) is 0. The van der Waals surface area contributed by atoms with Gasteiger partial charge in [0.05, 0.1) is 0 Å². The maximum atomic E-state index is 12.1. The third-order valence-corrected chi connectivity index (χ3v) is 4.09. The lowest BCUT2D eigenvalue weighted by Crippen LogP contribution is -2.60. The number of thiocarbonyl (C=S) groups is 2. The lowest BCUT2D eigenvalue weighted by Gasteiger charge is -2.37. The number of amides is 2. The highest BCUT2D eigenvalue weighted by Gasteiger charge is 2.43. The van der Waals surface area contributed by atoms with E-state index < -0.39 is 5.92 Å². The molecule has 1 rings (SSSR count). The SMILES string of the molecule is CCN(CC)C(=S)C1C(=O)N(C)C(=S)N(C)C1=O. The van der Waals surface area contributed by atoms with Crippen molar-refractivity contribution in [2.45, 2.75) is 13.8 Å². The normalized spacial score (nSPS) is 17.4. The number of carbonyl (C=O) groups excluding carboxylic acids is 2. The van der Waals surface area contributed by atoms with Crippen molar-refractivity contribution in [3.63, 3.8) is 0 Å². The number of nitrogens with zero attached hydrogens (tertiary/aromatic N) is 3. The van der Waals surface area contributed by atoms with Crippen molar-refractivity contribution < 1.29 is 9.59 Å². The smallest absolute Gasteiger partial charge is 0.248 e. The highest BCUT2D eigenvalue weighted by atomic mass is 32.1. The number of hydrogen-bond acceptors (Lipinski definition) is 4. The Balaban J connectivity index is 3.07. The molecule has 1 fully saturated rings. The van der Waals surface area contributed by atoms with Gasteiger partial charge in [0.25, 0.3) is 0 Å². The van der Waals surface area contributed by atoms with Crippen molar-refractivity contribution in [2.24, 2.45) is 5.92 Å². The van der Waals surface area contributed by atoms with Gasteiger partial charge in [-0.3, -0.25) is 19.4 Å². The first kappa shape index (κ1) is 15.0. The first-order chi connectivity index (χ1) is 8.36. The molecule has 7 heteroatoms. The highest BCUT2D eigenvalue weighted by molar-refractivity contribution is 7.80. The van der Waals surface area contributed by atoms with Crippen LogP contribution in [0, 0.1) is 5.92 Å². The molecule has 0 aromatic carbocycles. The van der Waals surface area contributed by atoms with E-state index in [-0.39, 0.29) is 16.9 Å². The van der Waals surface area contributed by atoms with E-state index >= 15 is 0 Å². The van der Waals surface area contributed by atoms with Gasteiger partial charge in [0.1, 0.15) is 4.99 Å². The predicted octanol–water partition coefficient (Wildman–Crippen LogP) is 0.487. The largest absolute Gasteiger partial charge is 0.366 e. The van der Waals surface area contributed by atoms with Gasteiger partial charge in [0, 0.05) is 27.2 Å². The topological polar surface area (TPSA) is 43.9 Å². The van der Waals surface area contributed by atoms with Crippen LogP contribution in [0.5, 0.6) is 0 Å². The molecule has 1 aliphatic heterocycles. The zero-order chi connectivity index (χ0) is 14.0. The summed E-state index contributed by atoms with van der Waals surface area (Å²) in [7, 11) is 3.12. The van der Waals surface area contributed by atoms with E-state index in [0.717, 1.165) is 0 Å². The Kier molecular flexibility index (Phi) is 4.75. The maximum absolute atomic E-state index is 12.1. The molecule has 1 aliphatic rings. The van der Waals surface area contributed by atoms with Gasteiger partial charge in [0.2, 0.25) is 11.8 Å². The molecule has 0 radical (unpaired) electrons. The van der Waals surface area contributed by atoms with E-state index in [9.17, 15) is 9.59 Å². The molecule has 0 N–H and O–H groups in total. The molecule has 0 bridgehead atoms. The molecule has 0 aromatic heterocycles. The lowest BCUT2D eigenvalue weighted by atomic mass is 10.0. The summed E-state index contributed by atoms with van der Waals surface area (Å²) in [6.07, 6.45) is 0. The van der Waals surface area contributed by atoms with E-state index in [1.807, 2.05) is 18.7 Å². The molecule has 18 heavy (non-hydrogen) atoms. The van der Waals surface area contributed by atoms with Crippen molar-refractivity contribution in [1.82, 2.24) is 14.7 Å². The van der Waals surface area contributed by atoms with E-state index in [4.69, 9.17) is 24.4 Å². The minimum Gasteiger partial charge on any atom is -0.366 e. The van der Waals surface area contributed by atoms with Gasteiger partial charge < -0.3 is 4.90 Å². The minimum absolute atomic E-state index is 0.212. The van der Waals surface area contributed by atoms with E-state index in [1.54, 1.807) is 14.1 Å². The summed E-state index contributed by atoms with van der Waals surface area (Å²) in [6.45, 7) is 5.21. The first-order valence-corrected chi connectivity index (χ1v) is 6.56. The average molecular weight is 287 g/mol. The van der Waals surface area contributed by atoms with Crippen molar-refractivity contribution in [2.75, 3.05) is 27.2 Å². The van der Waals surface area contributed by atoms with Crippen molar-refractivity contribution in [1.29, 1.82) is 0 Å². The molecule has 0 saturated carbocycles. The second kappa shape index (κ2) is 5.71. The van der Waals surface area contributed by atoms with Crippen LogP contribution in [0.1, 0.15) is 13.8 Å². The maximum Gasteiger partial charge on any atom is 0.248 e. The second-order valence-corrected chi connectivity index (χ2v) is 4.80. The monoisotopic (exact) mass is 287 g/mol. The zero-order valence-corrected chi connectivity index (χ0v) is 12.6. The van der Waals surface area contributed by atoms with Crippen LogP contribution in [-0.4, -0.2) is 63.8 Å². The third kappa shape index (κ3) is 2.37. The van der Waals surface area contributed by atoms with Gasteiger partial charge in [-0.05, 0) is 26.1 Å². The lowest BCUT2D eigenvalue weighted by molar-refractivity contribution is -0.142. The Labute approximate surface area is 118 Å². The average Bonchev–Trinajstić information content (AvgIpc) is 2.36. The fourth-order valence-electron chi connectivity index (χ4n) is 1.84. The molecule has 5 nitrogen and oxygen atoms in total. The molecule has 0 atom stereocenters. The first-order valence-electron chi connectivity index (χ1n) is 5.74. The molecule has 100 valence electrons. The number of carbonyl (C=O) groups is 2. The van der Waals surface area contributed by atoms with Gasteiger partial charge in [-0.15, -0.1) is 0 Å². The van der Waals surface area contributed by atoms with Crippen LogP contribution in [0.3, 0.4) is 0 Å². The molecule has 1 saturated heterocycles. The standard InChI is InChI=1S/C11H17N3O2S2/c1-5-14(6-2)10(17)7-8(15)12(3)11(18)13(4)9(7)16/h7H,5-6H2,1-4H3. The summed E-state index contributed by atoms with van der Waals surface area (Å²) in [4.78, 5) is 29.1. The molecule has 0 aliphatic carbocycles. The predicted molar refractivity (Wildman–Crippen MR) is 77.1 cm³/mol. The summed E-state index contributed by atoms with van der Waals surface area (Å²) in [5.74, 6) is -1.62. The second-order valence-electron chi connectivity index (χ2n) is 4.02. The minimum atomic E-state index is -0.929. The van der Waals surface area contributed by atoms with Crippen molar-refractivity contribution >= 4 is 46.4 Å². The van der Waals surface area contributed by atoms with Gasteiger partial charge in [-0.25, -0.2) is 0 Å². The molecular formula is C11H17N3O2S2. The Bertz CT molecular complexity index is 383. The Morgan fingerprint density at radius 1 is 1.17 bits per heavy atom. The molecule has 0 spiro atoms. The van der Waals surface area contributed by atoms with Gasteiger partial charge in [-0.2, -0.15) is 0 Å². The quantitative estimate of drug-likeness (QED) is 0.558. The van der Waals surface area contributed by atoms with Gasteiger partial charge >= 0.3 is 0 Å². The summed E-state index contributed by atoms with van der Waals surface area (Å²) in [6, 6.07) is 0. The summed E-state index contributed by atoms with van der Waals surface area (Å²) >= 11 is 10.3. The molecule has 0 aromatic rings. The number of hydrogen-bond donors (Lipinski definition) is 0. The van der Waals surface area contributed by atoms with Crippen LogP contribution in [0.2, 0.25) is 0 Å². The van der Waals surface area contributed by atoms with Crippen LogP contribution in [0.15, 0.2) is 0 Å². The zero-order valence-electron chi connectivity index (χ0n) is 11.0. The molecule has 1 heterocycles. The van der Waals surface area contributed by atoms with Crippen LogP contribution >= 0.6 is 24.4 Å². The van der Waals surface area contributed by atoms with Crippen molar-refractivity contribution in [3.8, 4) is 0 Å². The van der Waals surface area contributed by atoms with Crippen LogP contribution < -0.4 is 0 Å². The van der Waals surface area contributed by atoms with E-state index in [1.165, 1.54) is 9.80 Å². The Morgan fingerprint density at radius 2 is 1.56 bits per heavy atom. The van der Waals surface area contributed by atoms with Crippen molar-refractivity contribution in [3.05, 3.63) is 0 Å². The number of rotatable bonds is 3. The fourth-order valence-corrected chi connectivity index (χ4v) is 2.48. The third-order valence-electron chi connectivity index (χ3n) is 3.05. The molecule has 0 unspecified atom stereocenters. The van der Waals surface area contributed by atoms with Gasteiger partial charge in [-0.1, -0.05) is 12.2 Å². The summed E-state index contributed by atoms with van der Waals surface area (Å²) in [5, 5.41) is 0.212. The fraction of sp³-hybridized carbons (Fsp3) is 0.636. The molecular weight excluding hydrogens is 270 g/mol.